The summed E-state index contributed by atoms with van der Waals surface area (Å²) in [6.45, 7) is 7.40. The average molecular weight is 358 g/mol. The zero-order valence-electron chi connectivity index (χ0n) is 12.7. The van der Waals surface area contributed by atoms with Gasteiger partial charge in [0.25, 0.3) is 0 Å². The quantitative estimate of drug-likeness (QED) is 0.807. The Balaban J connectivity index is 1.87. The molecular formula is C15H24BrN3O2. The summed E-state index contributed by atoms with van der Waals surface area (Å²) in [6.07, 6.45) is 0. The maximum atomic E-state index is 9.83. The van der Waals surface area contributed by atoms with Crippen molar-refractivity contribution in [3.63, 3.8) is 0 Å². The predicted octanol–water partition coefficient (Wildman–Crippen LogP) is 1.50. The first-order chi connectivity index (χ1) is 10.1. The van der Waals surface area contributed by atoms with Crippen molar-refractivity contribution >= 4 is 15.9 Å². The van der Waals surface area contributed by atoms with Crippen molar-refractivity contribution in [2.24, 2.45) is 0 Å². The number of piperazine rings is 1. The molecule has 0 spiro atoms. The summed E-state index contributed by atoms with van der Waals surface area (Å²) in [5.74, 6) is 0.666. The van der Waals surface area contributed by atoms with E-state index in [1.807, 2.05) is 12.1 Å². The molecule has 0 amide bonds. The number of hydrogen-bond donors (Lipinski definition) is 2. The Morgan fingerprint density at radius 2 is 2.10 bits per heavy atom. The molecule has 1 aliphatic heterocycles. The van der Waals surface area contributed by atoms with Gasteiger partial charge in [0, 0.05) is 45.8 Å². The fourth-order valence-corrected chi connectivity index (χ4v) is 3.00. The fourth-order valence-electron chi connectivity index (χ4n) is 2.51. The van der Waals surface area contributed by atoms with Crippen LogP contribution < -0.4 is 10.1 Å². The van der Waals surface area contributed by atoms with E-state index in [-0.39, 0.29) is 5.75 Å². The normalized spacial score (nSPS) is 16.4. The van der Waals surface area contributed by atoms with Crippen molar-refractivity contribution in [2.45, 2.75) is 6.54 Å². The number of methoxy groups -OCH3 is 1. The second kappa shape index (κ2) is 7.98. The number of aromatic hydroxyl groups is 1. The standard InChI is InChI=1S/C15H24BrN3O2/c1-18(7-8-19-5-3-17-4-6-19)11-12-9-13(16)15(20)14(10-12)21-2/h9-10,17,20H,3-8,11H2,1-2H3. The number of rotatable bonds is 6. The van der Waals surface area contributed by atoms with E-state index in [9.17, 15) is 5.11 Å². The van der Waals surface area contributed by atoms with Crippen LogP contribution in [0.1, 0.15) is 5.56 Å². The van der Waals surface area contributed by atoms with E-state index >= 15 is 0 Å². The highest BCUT2D eigenvalue weighted by molar-refractivity contribution is 9.10. The van der Waals surface area contributed by atoms with Crippen molar-refractivity contribution in [3.05, 3.63) is 22.2 Å². The highest BCUT2D eigenvalue weighted by Gasteiger charge is 2.12. The maximum Gasteiger partial charge on any atom is 0.172 e. The summed E-state index contributed by atoms with van der Waals surface area (Å²) in [5.41, 5.74) is 1.12. The van der Waals surface area contributed by atoms with Gasteiger partial charge in [-0.1, -0.05) is 0 Å². The summed E-state index contributed by atoms with van der Waals surface area (Å²) in [4.78, 5) is 4.78. The average Bonchev–Trinajstić information content (AvgIpc) is 2.49. The van der Waals surface area contributed by atoms with Gasteiger partial charge in [0.2, 0.25) is 0 Å². The Morgan fingerprint density at radius 1 is 1.38 bits per heavy atom. The fraction of sp³-hybridized carbons (Fsp3) is 0.600. The first kappa shape index (κ1) is 16.5. The van der Waals surface area contributed by atoms with Crippen LogP contribution >= 0.6 is 15.9 Å². The molecule has 0 unspecified atom stereocenters. The minimum atomic E-state index is 0.157. The number of nitrogens with one attached hydrogen (secondary N) is 1. The van der Waals surface area contributed by atoms with Crippen molar-refractivity contribution in [2.75, 3.05) is 53.4 Å². The Bertz CT molecular complexity index is 464. The molecule has 5 nitrogen and oxygen atoms in total. The van der Waals surface area contributed by atoms with Crippen molar-refractivity contribution in [3.8, 4) is 11.5 Å². The van der Waals surface area contributed by atoms with Gasteiger partial charge in [-0.2, -0.15) is 0 Å². The Labute approximate surface area is 135 Å². The molecule has 1 heterocycles. The second-order valence-corrected chi connectivity index (χ2v) is 6.31. The van der Waals surface area contributed by atoms with E-state index in [2.05, 4.69) is 38.1 Å². The summed E-state index contributed by atoms with van der Waals surface area (Å²) in [7, 11) is 3.69. The Kier molecular flexibility index (Phi) is 6.29. The van der Waals surface area contributed by atoms with Gasteiger partial charge in [-0.3, -0.25) is 4.90 Å². The second-order valence-electron chi connectivity index (χ2n) is 5.46. The zero-order valence-corrected chi connectivity index (χ0v) is 14.3. The van der Waals surface area contributed by atoms with Crippen LogP contribution in [0.25, 0.3) is 0 Å². The third kappa shape index (κ3) is 4.85. The largest absolute Gasteiger partial charge is 0.503 e. The first-order valence-electron chi connectivity index (χ1n) is 7.27. The number of phenolic OH excluding ortho intramolecular Hbond substituents is 1. The van der Waals surface area contributed by atoms with E-state index in [1.165, 1.54) is 0 Å². The van der Waals surface area contributed by atoms with Gasteiger partial charge in [-0.15, -0.1) is 0 Å². The smallest absolute Gasteiger partial charge is 0.172 e. The highest BCUT2D eigenvalue weighted by atomic mass is 79.9. The van der Waals surface area contributed by atoms with Gasteiger partial charge in [-0.05, 0) is 40.7 Å². The Morgan fingerprint density at radius 3 is 2.76 bits per heavy atom. The molecule has 1 saturated heterocycles. The summed E-state index contributed by atoms with van der Waals surface area (Å²) in [5, 5.41) is 13.2. The molecule has 0 saturated carbocycles. The lowest BCUT2D eigenvalue weighted by atomic mass is 10.2. The van der Waals surface area contributed by atoms with E-state index in [0.29, 0.717) is 10.2 Å². The van der Waals surface area contributed by atoms with Crippen LogP contribution in [0.2, 0.25) is 0 Å². The number of halogens is 1. The summed E-state index contributed by atoms with van der Waals surface area (Å²) >= 11 is 3.37. The number of nitrogens with zero attached hydrogens (tertiary/aromatic N) is 2. The lowest BCUT2D eigenvalue weighted by Gasteiger charge is -2.29. The molecule has 2 rings (SSSR count). The number of likely N-dealkylation sites (N-methyl/N-ethyl adjacent to an activating group) is 1. The molecule has 0 bridgehead atoms. The third-order valence-corrected chi connectivity index (χ3v) is 4.37. The van der Waals surface area contributed by atoms with Gasteiger partial charge < -0.3 is 20.1 Å². The van der Waals surface area contributed by atoms with E-state index in [1.54, 1.807) is 7.11 Å². The van der Waals surface area contributed by atoms with Crippen molar-refractivity contribution in [1.82, 2.24) is 15.1 Å². The van der Waals surface area contributed by atoms with Gasteiger partial charge in [0.15, 0.2) is 11.5 Å². The minimum absolute atomic E-state index is 0.157. The van der Waals surface area contributed by atoms with Gasteiger partial charge in [0.05, 0.1) is 11.6 Å². The maximum absolute atomic E-state index is 9.83. The van der Waals surface area contributed by atoms with Crippen LogP contribution in [-0.4, -0.2) is 68.3 Å². The third-order valence-electron chi connectivity index (χ3n) is 3.77. The molecule has 0 aliphatic carbocycles. The molecule has 0 atom stereocenters. The topological polar surface area (TPSA) is 48.0 Å². The summed E-state index contributed by atoms with van der Waals surface area (Å²) in [6, 6.07) is 3.83. The van der Waals surface area contributed by atoms with Gasteiger partial charge in [-0.25, -0.2) is 0 Å². The van der Waals surface area contributed by atoms with Gasteiger partial charge >= 0.3 is 0 Å². The molecular weight excluding hydrogens is 334 g/mol. The number of ether oxygens (including phenoxy) is 1. The molecule has 0 aromatic heterocycles. The Hall–Kier alpha value is -0.820. The number of phenols is 1. The zero-order chi connectivity index (χ0) is 15.2. The molecule has 118 valence electrons. The van der Waals surface area contributed by atoms with Crippen molar-refractivity contribution in [1.29, 1.82) is 0 Å². The van der Waals surface area contributed by atoms with Gasteiger partial charge in [0.1, 0.15) is 0 Å². The molecule has 1 aromatic carbocycles. The molecule has 0 radical (unpaired) electrons. The molecule has 1 aromatic rings. The van der Waals surface area contributed by atoms with E-state index < -0.39 is 0 Å². The van der Waals surface area contributed by atoms with Crippen LogP contribution in [-0.2, 0) is 6.54 Å². The van der Waals surface area contributed by atoms with E-state index in [0.717, 1.165) is 51.4 Å². The van der Waals surface area contributed by atoms with Crippen LogP contribution in [0.4, 0.5) is 0 Å². The monoisotopic (exact) mass is 357 g/mol. The molecule has 2 N–H and O–H groups in total. The lowest BCUT2D eigenvalue weighted by molar-refractivity contribution is 0.202. The van der Waals surface area contributed by atoms with Crippen LogP contribution in [0.5, 0.6) is 11.5 Å². The first-order valence-corrected chi connectivity index (χ1v) is 8.06. The molecule has 1 aliphatic rings. The summed E-state index contributed by atoms with van der Waals surface area (Å²) < 4.78 is 5.86. The highest BCUT2D eigenvalue weighted by Crippen LogP contribution is 2.35. The van der Waals surface area contributed by atoms with Crippen LogP contribution in [0, 0.1) is 0 Å². The molecule has 1 fully saturated rings. The predicted molar refractivity (Wildman–Crippen MR) is 88.0 cm³/mol. The van der Waals surface area contributed by atoms with E-state index in [4.69, 9.17) is 4.74 Å². The van der Waals surface area contributed by atoms with Crippen molar-refractivity contribution < 1.29 is 9.84 Å². The number of hydrogen-bond acceptors (Lipinski definition) is 5. The SMILES string of the molecule is COc1cc(CN(C)CCN2CCNCC2)cc(Br)c1O. The lowest BCUT2D eigenvalue weighted by Crippen LogP contribution is -2.45. The number of benzene rings is 1. The van der Waals surface area contributed by atoms with Crippen LogP contribution in [0.15, 0.2) is 16.6 Å². The van der Waals surface area contributed by atoms with Crippen LogP contribution in [0.3, 0.4) is 0 Å². The molecule has 6 heteroatoms. The minimum Gasteiger partial charge on any atom is -0.503 e. The molecule has 21 heavy (non-hydrogen) atoms.